The molecule has 0 saturated heterocycles. The van der Waals surface area contributed by atoms with E-state index in [4.69, 9.17) is 4.74 Å². The van der Waals surface area contributed by atoms with Gasteiger partial charge >= 0.3 is 5.97 Å². The lowest BCUT2D eigenvalue weighted by Crippen LogP contribution is -2.45. The van der Waals surface area contributed by atoms with Gasteiger partial charge in [0.2, 0.25) is 5.91 Å². The van der Waals surface area contributed by atoms with Crippen molar-refractivity contribution in [3.63, 3.8) is 0 Å². The molecule has 0 saturated carbocycles. The third-order valence-corrected chi connectivity index (χ3v) is 13.7. The first-order chi connectivity index (χ1) is 32.5. The molecule has 6 heteroatoms. The fourth-order valence-corrected chi connectivity index (χ4v) is 9.16. The normalized spacial score (nSPS) is 12.7. The van der Waals surface area contributed by atoms with E-state index in [-0.39, 0.29) is 18.5 Å². The van der Waals surface area contributed by atoms with Gasteiger partial charge in [-0.2, -0.15) is 0 Å². The number of carbonyl (C=O) groups is 2. The van der Waals surface area contributed by atoms with Crippen molar-refractivity contribution in [3.8, 4) is 0 Å². The molecule has 0 aliphatic rings. The second kappa shape index (κ2) is 55.9. The molecule has 6 nitrogen and oxygen atoms in total. The number of nitrogens with one attached hydrogen (secondary N) is 1. The van der Waals surface area contributed by atoms with Crippen LogP contribution >= 0.6 is 0 Å². The Kier molecular flexibility index (Phi) is 54.5. The van der Waals surface area contributed by atoms with E-state index in [0.29, 0.717) is 19.4 Å². The van der Waals surface area contributed by atoms with Gasteiger partial charge in [-0.1, -0.05) is 276 Å². The van der Waals surface area contributed by atoms with Gasteiger partial charge in [0.15, 0.2) is 0 Å². The Morgan fingerprint density at radius 2 is 0.712 bits per heavy atom. The molecule has 66 heavy (non-hydrogen) atoms. The van der Waals surface area contributed by atoms with Crippen LogP contribution in [-0.4, -0.2) is 47.4 Å². The molecule has 0 aliphatic heterocycles. The zero-order chi connectivity index (χ0) is 47.9. The average molecular weight is 931 g/mol. The third kappa shape index (κ3) is 51.7. The predicted molar refractivity (Wildman–Crippen MR) is 287 cm³/mol. The summed E-state index contributed by atoms with van der Waals surface area (Å²) in [4.78, 5) is 24.5. The first kappa shape index (κ1) is 64.3. The summed E-state index contributed by atoms with van der Waals surface area (Å²) in [6, 6.07) is -0.634. The van der Waals surface area contributed by atoms with E-state index in [1.807, 2.05) is 6.08 Å². The molecular weight excluding hydrogens is 815 g/mol. The van der Waals surface area contributed by atoms with Crippen LogP contribution < -0.4 is 5.32 Å². The summed E-state index contributed by atoms with van der Waals surface area (Å²) in [5.41, 5.74) is 0. The van der Waals surface area contributed by atoms with Crippen LogP contribution in [0.3, 0.4) is 0 Å². The highest BCUT2D eigenvalue weighted by Gasteiger charge is 2.18. The van der Waals surface area contributed by atoms with Gasteiger partial charge in [0.25, 0.3) is 0 Å². The largest absolute Gasteiger partial charge is 0.466 e. The number of esters is 1. The predicted octanol–water partition coefficient (Wildman–Crippen LogP) is 18.2. The first-order valence-corrected chi connectivity index (χ1v) is 29.6. The standard InChI is InChI=1S/C60H115NO5/c1-3-5-7-9-11-13-15-17-24-28-32-36-40-44-48-52-58(63)57(56-62)61-59(64)53-49-45-41-37-33-29-26-22-20-19-21-23-27-31-35-39-43-47-51-55-66-60(65)54-50-46-42-38-34-30-25-18-16-14-12-10-8-6-4-2/h19-20,48,52,57-58,62-63H,3-18,21-47,49-51,53-56H2,1-2H3,(H,61,64)/b20-19-,52-48+. The van der Waals surface area contributed by atoms with Crippen LogP contribution in [0.25, 0.3) is 0 Å². The number of amides is 1. The third-order valence-electron chi connectivity index (χ3n) is 13.7. The van der Waals surface area contributed by atoms with E-state index in [2.05, 4.69) is 31.3 Å². The summed E-state index contributed by atoms with van der Waals surface area (Å²) < 4.78 is 5.48. The van der Waals surface area contributed by atoms with Gasteiger partial charge in [0, 0.05) is 12.8 Å². The van der Waals surface area contributed by atoms with Gasteiger partial charge in [-0.25, -0.2) is 0 Å². The molecule has 2 atom stereocenters. The number of unbranched alkanes of at least 4 members (excludes halogenated alkanes) is 42. The topological polar surface area (TPSA) is 95.9 Å². The molecule has 0 fully saturated rings. The van der Waals surface area contributed by atoms with E-state index in [9.17, 15) is 19.8 Å². The van der Waals surface area contributed by atoms with Gasteiger partial charge in [0.05, 0.1) is 25.4 Å². The van der Waals surface area contributed by atoms with E-state index < -0.39 is 12.1 Å². The molecule has 0 aromatic heterocycles. The summed E-state index contributed by atoms with van der Waals surface area (Å²) in [7, 11) is 0. The maximum Gasteiger partial charge on any atom is 0.305 e. The fourth-order valence-electron chi connectivity index (χ4n) is 9.16. The maximum absolute atomic E-state index is 12.4. The minimum atomic E-state index is -0.850. The fraction of sp³-hybridized carbons (Fsp3) is 0.900. The van der Waals surface area contributed by atoms with Crippen molar-refractivity contribution < 1.29 is 24.5 Å². The maximum atomic E-state index is 12.4. The van der Waals surface area contributed by atoms with E-state index in [1.54, 1.807) is 6.08 Å². The van der Waals surface area contributed by atoms with Gasteiger partial charge < -0.3 is 20.3 Å². The Balaban J connectivity index is 3.45. The van der Waals surface area contributed by atoms with Crippen LogP contribution in [0.15, 0.2) is 24.3 Å². The molecule has 3 N–H and O–H groups in total. The summed E-state index contributed by atoms with van der Waals surface area (Å²) in [6.45, 7) is 4.91. The quantitative estimate of drug-likeness (QED) is 0.0321. The Labute approximate surface area is 411 Å². The number of hydrogen-bond donors (Lipinski definition) is 3. The van der Waals surface area contributed by atoms with Crippen molar-refractivity contribution in [1.29, 1.82) is 0 Å². The highest BCUT2D eigenvalue weighted by molar-refractivity contribution is 5.76. The Morgan fingerprint density at radius 1 is 0.409 bits per heavy atom. The van der Waals surface area contributed by atoms with Crippen molar-refractivity contribution in [2.24, 2.45) is 0 Å². The SMILES string of the molecule is CCCCCCCCCCCCCCC/C=C/C(O)C(CO)NC(=O)CCCCCCCCC/C=C\CCCCCCCCCCOC(=O)CCCCCCCCCCCCCCCCC. The van der Waals surface area contributed by atoms with Crippen molar-refractivity contribution >= 4 is 11.9 Å². The summed E-state index contributed by atoms with van der Waals surface area (Å²) in [5, 5.41) is 23.1. The molecule has 0 aliphatic carbocycles. The summed E-state index contributed by atoms with van der Waals surface area (Å²) >= 11 is 0. The minimum absolute atomic E-state index is 0.00624. The van der Waals surface area contributed by atoms with E-state index in [0.717, 1.165) is 51.4 Å². The number of aliphatic hydroxyl groups is 2. The molecule has 0 aromatic rings. The van der Waals surface area contributed by atoms with Gasteiger partial charge in [-0.05, 0) is 57.8 Å². The lowest BCUT2D eigenvalue weighted by Gasteiger charge is -2.20. The highest BCUT2D eigenvalue weighted by atomic mass is 16.5. The number of ether oxygens (including phenoxy) is 1. The van der Waals surface area contributed by atoms with Crippen molar-refractivity contribution in [2.75, 3.05) is 13.2 Å². The lowest BCUT2D eigenvalue weighted by atomic mass is 10.0. The Bertz CT molecular complexity index is 1030. The number of aliphatic hydroxyl groups excluding tert-OH is 2. The second-order valence-corrected chi connectivity index (χ2v) is 20.3. The smallest absolute Gasteiger partial charge is 0.305 e. The molecular formula is C60H115NO5. The van der Waals surface area contributed by atoms with Crippen LogP contribution in [-0.2, 0) is 14.3 Å². The number of carbonyl (C=O) groups excluding carboxylic acids is 2. The van der Waals surface area contributed by atoms with Crippen molar-refractivity contribution in [2.45, 2.75) is 334 Å². The van der Waals surface area contributed by atoms with Crippen molar-refractivity contribution in [1.82, 2.24) is 5.32 Å². The van der Waals surface area contributed by atoms with Crippen LogP contribution in [0.5, 0.6) is 0 Å². The first-order valence-electron chi connectivity index (χ1n) is 29.6. The number of hydrogen-bond acceptors (Lipinski definition) is 5. The van der Waals surface area contributed by atoms with Crippen LogP contribution in [0.4, 0.5) is 0 Å². The Morgan fingerprint density at radius 3 is 1.08 bits per heavy atom. The molecule has 0 radical (unpaired) electrons. The molecule has 390 valence electrons. The van der Waals surface area contributed by atoms with Crippen LogP contribution in [0.1, 0.15) is 322 Å². The van der Waals surface area contributed by atoms with Gasteiger partial charge in [0.1, 0.15) is 0 Å². The highest BCUT2D eigenvalue weighted by Crippen LogP contribution is 2.17. The van der Waals surface area contributed by atoms with Gasteiger partial charge in [-0.15, -0.1) is 0 Å². The van der Waals surface area contributed by atoms with Crippen molar-refractivity contribution in [3.05, 3.63) is 24.3 Å². The second-order valence-electron chi connectivity index (χ2n) is 20.3. The summed E-state index contributed by atoms with van der Waals surface area (Å²) in [6.07, 6.45) is 67.7. The molecule has 2 unspecified atom stereocenters. The monoisotopic (exact) mass is 930 g/mol. The zero-order valence-corrected chi connectivity index (χ0v) is 44.4. The lowest BCUT2D eigenvalue weighted by molar-refractivity contribution is -0.143. The van der Waals surface area contributed by atoms with E-state index >= 15 is 0 Å². The number of allylic oxidation sites excluding steroid dienone is 3. The van der Waals surface area contributed by atoms with Crippen LogP contribution in [0, 0.1) is 0 Å². The van der Waals surface area contributed by atoms with Crippen LogP contribution in [0.2, 0.25) is 0 Å². The number of rotatable bonds is 55. The average Bonchev–Trinajstić information content (AvgIpc) is 3.32. The molecule has 0 rings (SSSR count). The Hall–Kier alpha value is -1.66. The van der Waals surface area contributed by atoms with Gasteiger partial charge in [-0.3, -0.25) is 9.59 Å². The molecule has 0 heterocycles. The van der Waals surface area contributed by atoms with E-state index in [1.165, 1.54) is 244 Å². The molecule has 0 spiro atoms. The zero-order valence-electron chi connectivity index (χ0n) is 44.4. The molecule has 1 amide bonds. The summed E-state index contributed by atoms with van der Waals surface area (Å²) in [5.74, 6) is -0.0701. The minimum Gasteiger partial charge on any atom is -0.466 e. The molecule has 0 bridgehead atoms. The molecule has 0 aromatic carbocycles.